The average molecular weight is 352 g/mol. The number of hydrogen-bond donors (Lipinski definition) is 2. The highest BCUT2D eigenvalue weighted by Gasteiger charge is 2.24. The fourth-order valence-corrected chi connectivity index (χ4v) is 4.05. The lowest BCUT2D eigenvalue weighted by molar-refractivity contribution is -0.122. The van der Waals surface area contributed by atoms with Crippen LogP contribution in [0.3, 0.4) is 0 Å². The molecule has 0 saturated heterocycles. The van der Waals surface area contributed by atoms with Gasteiger partial charge in [-0.05, 0) is 47.7 Å². The smallest absolute Gasteiger partial charge is 0.220 e. The van der Waals surface area contributed by atoms with Gasteiger partial charge >= 0.3 is 0 Å². The monoisotopic (exact) mass is 350 g/mol. The Morgan fingerprint density at radius 1 is 1.50 bits per heavy atom. The molecule has 1 heterocycles. The Bertz CT molecular complexity index is 410. The van der Waals surface area contributed by atoms with Gasteiger partial charge in [-0.25, -0.2) is 0 Å². The Morgan fingerprint density at radius 3 is 2.67 bits per heavy atom. The minimum atomic E-state index is -0.151. The molecule has 0 bridgehead atoms. The Kier molecular flexibility index (Phi) is 5.06. The molecule has 0 aliphatic heterocycles. The van der Waals surface area contributed by atoms with Crippen LogP contribution in [0.4, 0.5) is 0 Å². The Labute approximate surface area is 124 Å². The van der Waals surface area contributed by atoms with Gasteiger partial charge in [0.05, 0.1) is 0 Å². The van der Waals surface area contributed by atoms with Crippen LogP contribution in [-0.2, 0) is 11.3 Å². The fourth-order valence-electron chi connectivity index (χ4n) is 2.31. The van der Waals surface area contributed by atoms with Crippen LogP contribution in [0, 0.1) is 5.92 Å². The summed E-state index contributed by atoms with van der Waals surface area (Å²) in [5, 5.41) is 3.52. The summed E-state index contributed by atoms with van der Waals surface area (Å²) >= 11 is 11.0. The van der Waals surface area contributed by atoms with Crippen molar-refractivity contribution in [3.8, 4) is 0 Å². The van der Waals surface area contributed by atoms with Crippen LogP contribution in [-0.4, -0.2) is 11.9 Å². The van der Waals surface area contributed by atoms with E-state index < -0.39 is 0 Å². The minimum Gasteiger partial charge on any atom is -0.369 e. The van der Waals surface area contributed by atoms with Crippen molar-refractivity contribution in [3.63, 3.8) is 0 Å². The summed E-state index contributed by atoms with van der Waals surface area (Å²) in [7, 11) is 0. The first-order valence-corrected chi connectivity index (χ1v) is 8.01. The Hall–Kier alpha value is -0.100. The number of nitrogens with one attached hydrogen (secondary N) is 1. The van der Waals surface area contributed by atoms with E-state index in [4.69, 9.17) is 17.3 Å². The van der Waals surface area contributed by atoms with E-state index in [0.717, 1.165) is 41.0 Å². The van der Waals surface area contributed by atoms with E-state index in [9.17, 15) is 4.79 Å². The highest BCUT2D eigenvalue weighted by atomic mass is 79.9. The normalized spacial score (nSPS) is 24.1. The van der Waals surface area contributed by atoms with Crippen molar-refractivity contribution in [3.05, 3.63) is 19.8 Å². The maximum atomic E-state index is 11.1. The molecule has 0 atom stereocenters. The van der Waals surface area contributed by atoms with Gasteiger partial charge in [0.25, 0.3) is 0 Å². The first kappa shape index (κ1) is 14.3. The number of amides is 1. The number of nitrogens with two attached hydrogens (primary N) is 1. The van der Waals surface area contributed by atoms with Gasteiger partial charge in [-0.3, -0.25) is 4.79 Å². The lowest BCUT2D eigenvalue weighted by atomic mass is 9.85. The summed E-state index contributed by atoms with van der Waals surface area (Å²) in [6.45, 7) is 0.835. The van der Waals surface area contributed by atoms with Crippen molar-refractivity contribution in [2.75, 3.05) is 0 Å². The van der Waals surface area contributed by atoms with E-state index in [-0.39, 0.29) is 11.8 Å². The highest BCUT2D eigenvalue weighted by molar-refractivity contribution is 9.10. The molecule has 3 N–H and O–H groups in total. The van der Waals surface area contributed by atoms with Crippen LogP contribution in [0.5, 0.6) is 0 Å². The molecule has 0 aromatic carbocycles. The zero-order valence-electron chi connectivity index (χ0n) is 9.92. The number of carbonyl (C=O) groups is 1. The standard InChI is InChI=1S/C12H16BrClN2OS/c13-10-5-9(18-11(10)14)6-16-8-3-1-7(2-4-8)12(15)17/h5,7-8,16H,1-4,6H2,(H2,15,17). The maximum absolute atomic E-state index is 11.1. The van der Waals surface area contributed by atoms with Crippen molar-refractivity contribution in [2.45, 2.75) is 38.3 Å². The molecular weight excluding hydrogens is 336 g/mol. The quantitative estimate of drug-likeness (QED) is 0.874. The van der Waals surface area contributed by atoms with Crippen LogP contribution in [0.2, 0.25) is 4.34 Å². The molecule has 100 valence electrons. The maximum Gasteiger partial charge on any atom is 0.220 e. The number of rotatable bonds is 4. The second-order valence-corrected chi connectivity index (χ2v) is 7.26. The zero-order valence-corrected chi connectivity index (χ0v) is 13.1. The van der Waals surface area contributed by atoms with E-state index in [1.807, 2.05) is 0 Å². The fraction of sp³-hybridized carbons (Fsp3) is 0.583. The SMILES string of the molecule is NC(=O)C1CCC(NCc2cc(Br)c(Cl)s2)CC1. The number of carbonyl (C=O) groups excluding carboxylic acids is 1. The van der Waals surface area contributed by atoms with Gasteiger partial charge < -0.3 is 11.1 Å². The summed E-state index contributed by atoms with van der Waals surface area (Å²) in [6, 6.07) is 2.54. The molecule has 1 saturated carbocycles. The number of primary amides is 1. The summed E-state index contributed by atoms with van der Waals surface area (Å²) in [5.41, 5.74) is 5.32. The van der Waals surface area contributed by atoms with Gasteiger partial charge in [0.15, 0.2) is 0 Å². The van der Waals surface area contributed by atoms with Crippen molar-refractivity contribution in [2.24, 2.45) is 11.7 Å². The summed E-state index contributed by atoms with van der Waals surface area (Å²) in [6.07, 6.45) is 3.85. The second-order valence-electron chi connectivity index (χ2n) is 4.67. The molecule has 1 aromatic rings. The molecule has 1 aliphatic rings. The van der Waals surface area contributed by atoms with Crippen molar-refractivity contribution in [1.82, 2.24) is 5.32 Å². The van der Waals surface area contributed by atoms with Gasteiger partial charge in [-0.2, -0.15) is 0 Å². The second kappa shape index (κ2) is 6.37. The van der Waals surface area contributed by atoms with E-state index in [0.29, 0.717) is 6.04 Å². The molecular formula is C12H16BrClN2OS. The third-order valence-corrected chi connectivity index (χ3v) is 5.87. The van der Waals surface area contributed by atoms with E-state index in [1.54, 1.807) is 11.3 Å². The molecule has 0 radical (unpaired) electrons. The van der Waals surface area contributed by atoms with Gasteiger partial charge in [0.1, 0.15) is 4.34 Å². The predicted octanol–water partition coefficient (Wildman–Crippen LogP) is 3.30. The largest absolute Gasteiger partial charge is 0.369 e. The van der Waals surface area contributed by atoms with Crippen molar-refractivity contribution < 1.29 is 4.79 Å². The summed E-state index contributed by atoms with van der Waals surface area (Å²) < 4.78 is 1.76. The molecule has 1 fully saturated rings. The first-order chi connectivity index (χ1) is 8.56. The van der Waals surface area contributed by atoms with E-state index in [2.05, 4.69) is 27.3 Å². The van der Waals surface area contributed by atoms with E-state index >= 15 is 0 Å². The van der Waals surface area contributed by atoms with Gasteiger partial charge in [-0.15, -0.1) is 11.3 Å². The zero-order chi connectivity index (χ0) is 13.1. The molecule has 1 amide bonds. The molecule has 18 heavy (non-hydrogen) atoms. The molecule has 3 nitrogen and oxygen atoms in total. The van der Waals surface area contributed by atoms with Crippen LogP contribution in [0.1, 0.15) is 30.6 Å². The highest BCUT2D eigenvalue weighted by Crippen LogP contribution is 2.32. The summed E-state index contributed by atoms with van der Waals surface area (Å²) in [5.74, 6) is -0.0733. The predicted molar refractivity (Wildman–Crippen MR) is 78.8 cm³/mol. The lowest BCUT2D eigenvalue weighted by Gasteiger charge is -2.27. The first-order valence-electron chi connectivity index (χ1n) is 6.02. The average Bonchev–Trinajstić information content (AvgIpc) is 2.67. The Balaban J connectivity index is 1.77. The minimum absolute atomic E-state index is 0.0772. The van der Waals surface area contributed by atoms with Crippen LogP contribution < -0.4 is 11.1 Å². The number of thiophene rings is 1. The number of halogens is 2. The lowest BCUT2D eigenvalue weighted by Crippen LogP contribution is -2.36. The van der Waals surface area contributed by atoms with Crippen LogP contribution in [0.15, 0.2) is 10.5 Å². The molecule has 1 aromatic heterocycles. The molecule has 6 heteroatoms. The number of hydrogen-bond acceptors (Lipinski definition) is 3. The van der Waals surface area contributed by atoms with Crippen molar-refractivity contribution in [1.29, 1.82) is 0 Å². The summed E-state index contributed by atoms with van der Waals surface area (Å²) in [4.78, 5) is 12.3. The van der Waals surface area contributed by atoms with Gasteiger partial charge in [0, 0.05) is 27.9 Å². The molecule has 0 unspecified atom stereocenters. The van der Waals surface area contributed by atoms with Gasteiger partial charge in [-0.1, -0.05) is 11.6 Å². The van der Waals surface area contributed by atoms with Crippen molar-refractivity contribution >= 4 is 44.8 Å². The van der Waals surface area contributed by atoms with E-state index in [1.165, 1.54) is 4.88 Å². The third kappa shape index (κ3) is 3.70. The molecule has 2 rings (SSSR count). The molecule has 1 aliphatic carbocycles. The molecule has 0 spiro atoms. The van der Waals surface area contributed by atoms with Crippen LogP contribution in [0.25, 0.3) is 0 Å². The van der Waals surface area contributed by atoms with Crippen LogP contribution >= 0.6 is 38.9 Å². The third-order valence-electron chi connectivity index (χ3n) is 3.39. The van der Waals surface area contributed by atoms with Gasteiger partial charge in [0.2, 0.25) is 5.91 Å². The Morgan fingerprint density at radius 2 is 2.17 bits per heavy atom. The topological polar surface area (TPSA) is 55.1 Å².